The first-order chi connectivity index (χ1) is 7.83. The number of benzene rings is 1. The van der Waals surface area contributed by atoms with Crippen molar-refractivity contribution in [2.75, 3.05) is 31.6 Å². The van der Waals surface area contributed by atoms with Crippen LogP contribution >= 0.6 is 0 Å². The van der Waals surface area contributed by atoms with E-state index in [9.17, 15) is 0 Å². The van der Waals surface area contributed by atoms with Crippen molar-refractivity contribution in [3.63, 3.8) is 0 Å². The van der Waals surface area contributed by atoms with E-state index < -0.39 is 0 Å². The molecule has 3 nitrogen and oxygen atoms in total. The number of rotatable bonds is 2. The van der Waals surface area contributed by atoms with Crippen LogP contribution in [-0.2, 0) is 0 Å². The molecule has 0 spiro atoms. The lowest BCUT2D eigenvalue weighted by Gasteiger charge is -2.30. The lowest BCUT2D eigenvalue weighted by atomic mass is 10.2. The van der Waals surface area contributed by atoms with Crippen molar-refractivity contribution in [1.29, 1.82) is 0 Å². The number of methoxy groups -OCH3 is 1. The maximum Gasteiger partial charge on any atom is 0.142 e. The van der Waals surface area contributed by atoms with Gasteiger partial charge in [0.05, 0.1) is 12.8 Å². The van der Waals surface area contributed by atoms with Crippen LogP contribution in [0.2, 0.25) is 0 Å². The quantitative estimate of drug-likeness (QED) is 0.823. The topological polar surface area (TPSA) is 24.5 Å². The monoisotopic (exact) mass is 220 g/mol. The van der Waals surface area contributed by atoms with Gasteiger partial charge in [0, 0.05) is 19.1 Å². The lowest BCUT2D eigenvalue weighted by molar-refractivity contribution is 0.413. The van der Waals surface area contributed by atoms with Gasteiger partial charge >= 0.3 is 0 Å². The van der Waals surface area contributed by atoms with Crippen LogP contribution < -0.4 is 15.0 Å². The van der Waals surface area contributed by atoms with E-state index in [2.05, 4.69) is 29.3 Å². The summed E-state index contributed by atoms with van der Waals surface area (Å²) >= 11 is 0. The molecule has 0 aromatic heterocycles. The Labute approximate surface area is 97.4 Å². The molecule has 0 bridgehead atoms. The minimum Gasteiger partial charge on any atom is -0.495 e. The molecule has 1 aliphatic rings. The molecule has 16 heavy (non-hydrogen) atoms. The van der Waals surface area contributed by atoms with E-state index in [-0.39, 0.29) is 0 Å². The number of hydrogen-bond acceptors (Lipinski definition) is 3. The van der Waals surface area contributed by atoms with Crippen molar-refractivity contribution in [3.8, 4) is 5.75 Å². The molecular weight excluding hydrogens is 200 g/mol. The van der Waals surface area contributed by atoms with Crippen molar-refractivity contribution in [2.45, 2.75) is 19.4 Å². The Morgan fingerprint density at radius 1 is 1.38 bits per heavy atom. The molecule has 1 fully saturated rings. The molecule has 1 aromatic carbocycles. The number of anilines is 1. The molecule has 1 aromatic rings. The number of para-hydroxylation sites is 2. The normalized spacial score (nSPS) is 21.6. The van der Waals surface area contributed by atoms with Crippen molar-refractivity contribution in [3.05, 3.63) is 24.3 Å². The molecule has 0 amide bonds. The first kappa shape index (κ1) is 11.3. The Hall–Kier alpha value is -1.22. The fraction of sp³-hybridized carbons (Fsp3) is 0.538. The van der Waals surface area contributed by atoms with E-state index in [1.807, 2.05) is 12.1 Å². The highest BCUT2D eigenvalue weighted by molar-refractivity contribution is 5.59. The van der Waals surface area contributed by atoms with Gasteiger partial charge in [0.25, 0.3) is 0 Å². The van der Waals surface area contributed by atoms with E-state index in [0.717, 1.165) is 25.4 Å². The van der Waals surface area contributed by atoms with Crippen LogP contribution in [0.25, 0.3) is 0 Å². The molecule has 2 rings (SSSR count). The molecule has 1 saturated heterocycles. The third-order valence-corrected chi connectivity index (χ3v) is 3.12. The van der Waals surface area contributed by atoms with Gasteiger partial charge in [-0.2, -0.15) is 0 Å². The van der Waals surface area contributed by atoms with Crippen LogP contribution in [0.15, 0.2) is 24.3 Å². The Bertz CT molecular complexity index is 340. The molecule has 0 aliphatic carbocycles. The zero-order valence-corrected chi connectivity index (χ0v) is 10.1. The predicted molar refractivity (Wildman–Crippen MR) is 67.3 cm³/mol. The first-order valence-electron chi connectivity index (χ1n) is 5.93. The smallest absolute Gasteiger partial charge is 0.142 e. The van der Waals surface area contributed by atoms with Crippen LogP contribution in [0.1, 0.15) is 13.3 Å². The summed E-state index contributed by atoms with van der Waals surface area (Å²) in [7, 11) is 1.74. The third kappa shape index (κ3) is 2.30. The summed E-state index contributed by atoms with van der Waals surface area (Å²) in [4.78, 5) is 2.43. The van der Waals surface area contributed by atoms with Gasteiger partial charge in [0.15, 0.2) is 0 Å². The molecule has 1 heterocycles. The second kappa shape index (κ2) is 5.21. The molecule has 0 saturated carbocycles. The first-order valence-corrected chi connectivity index (χ1v) is 5.93. The molecule has 88 valence electrons. The van der Waals surface area contributed by atoms with Gasteiger partial charge in [-0.1, -0.05) is 12.1 Å². The van der Waals surface area contributed by atoms with E-state index in [4.69, 9.17) is 4.74 Å². The zero-order chi connectivity index (χ0) is 11.4. The lowest BCUT2D eigenvalue weighted by Crippen LogP contribution is -2.37. The maximum absolute atomic E-state index is 5.43. The molecule has 1 atom stereocenters. The molecule has 1 unspecified atom stereocenters. The summed E-state index contributed by atoms with van der Waals surface area (Å²) in [5.74, 6) is 0.969. The summed E-state index contributed by atoms with van der Waals surface area (Å²) in [6.07, 6.45) is 1.18. The molecule has 1 N–H and O–H groups in total. The van der Waals surface area contributed by atoms with Gasteiger partial charge in [0.1, 0.15) is 5.75 Å². The average Bonchev–Trinajstić information content (AvgIpc) is 2.54. The van der Waals surface area contributed by atoms with Gasteiger partial charge in [0.2, 0.25) is 0 Å². The summed E-state index contributed by atoms with van der Waals surface area (Å²) in [5, 5.41) is 3.45. The van der Waals surface area contributed by atoms with Crippen LogP contribution in [-0.4, -0.2) is 32.8 Å². The zero-order valence-electron chi connectivity index (χ0n) is 10.1. The Morgan fingerprint density at radius 2 is 2.19 bits per heavy atom. The van der Waals surface area contributed by atoms with E-state index in [1.165, 1.54) is 12.1 Å². The maximum atomic E-state index is 5.43. The van der Waals surface area contributed by atoms with Crippen molar-refractivity contribution in [2.24, 2.45) is 0 Å². The highest BCUT2D eigenvalue weighted by Crippen LogP contribution is 2.29. The van der Waals surface area contributed by atoms with E-state index in [1.54, 1.807) is 7.11 Å². The van der Waals surface area contributed by atoms with Crippen molar-refractivity contribution >= 4 is 5.69 Å². The number of nitrogens with one attached hydrogen (secondary N) is 1. The van der Waals surface area contributed by atoms with E-state index >= 15 is 0 Å². The predicted octanol–water partition coefficient (Wildman–Crippen LogP) is 1.88. The standard InChI is InChI=1S/C13H20N2O/c1-11-10-14-8-5-9-15(11)12-6-3-4-7-13(12)16-2/h3-4,6-7,11,14H,5,8-10H2,1-2H3. The molecule has 1 aliphatic heterocycles. The summed E-state index contributed by atoms with van der Waals surface area (Å²) in [5.41, 5.74) is 1.21. The average molecular weight is 220 g/mol. The SMILES string of the molecule is COc1ccccc1N1CCCNCC1C. The highest BCUT2D eigenvalue weighted by Gasteiger charge is 2.19. The number of hydrogen-bond donors (Lipinski definition) is 1. The fourth-order valence-electron chi connectivity index (χ4n) is 2.24. The molecular formula is C13H20N2O. The van der Waals surface area contributed by atoms with Crippen LogP contribution in [0.3, 0.4) is 0 Å². The minimum atomic E-state index is 0.513. The second-order valence-corrected chi connectivity index (χ2v) is 4.27. The number of nitrogens with zero attached hydrogens (tertiary/aromatic N) is 1. The van der Waals surface area contributed by atoms with Crippen LogP contribution in [0.4, 0.5) is 5.69 Å². The Balaban J connectivity index is 2.26. The largest absolute Gasteiger partial charge is 0.495 e. The van der Waals surface area contributed by atoms with Crippen molar-refractivity contribution in [1.82, 2.24) is 5.32 Å². The molecule has 0 radical (unpaired) electrons. The van der Waals surface area contributed by atoms with Gasteiger partial charge in [-0.05, 0) is 32.0 Å². The summed E-state index contributed by atoms with van der Waals surface area (Å²) < 4.78 is 5.43. The van der Waals surface area contributed by atoms with E-state index in [0.29, 0.717) is 6.04 Å². The van der Waals surface area contributed by atoms with Gasteiger partial charge < -0.3 is 15.0 Å². The Kier molecular flexibility index (Phi) is 3.67. The number of ether oxygens (including phenoxy) is 1. The fourth-order valence-corrected chi connectivity index (χ4v) is 2.24. The van der Waals surface area contributed by atoms with Crippen LogP contribution in [0, 0.1) is 0 Å². The van der Waals surface area contributed by atoms with Gasteiger partial charge in [-0.15, -0.1) is 0 Å². The summed E-state index contributed by atoms with van der Waals surface area (Å²) in [6, 6.07) is 8.77. The summed E-state index contributed by atoms with van der Waals surface area (Å²) in [6.45, 7) is 5.49. The highest BCUT2D eigenvalue weighted by atomic mass is 16.5. The van der Waals surface area contributed by atoms with Crippen LogP contribution in [0.5, 0.6) is 5.75 Å². The van der Waals surface area contributed by atoms with Crippen molar-refractivity contribution < 1.29 is 4.74 Å². The Morgan fingerprint density at radius 3 is 3.00 bits per heavy atom. The van der Waals surface area contributed by atoms with Gasteiger partial charge in [-0.25, -0.2) is 0 Å². The second-order valence-electron chi connectivity index (χ2n) is 4.27. The molecule has 3 heteroatoms. The third-order valence-electron chi connectivity index (χ3n) is 3.12. The van der Waals surface area contributed by atoms with Gasteiger partial charge in [-0.3, -0.25) is 0 Å². The minimum absolute atomic E-state index is 0.513.